The lowest BCUT2D eigenvalue weighted by Crippen LogP contribution is -2.29. The Morgan fingerprint density at radius 1 is 0.651 bits per heavy atom. The third-order valence-corrected chi connectivity index (χ3v) is 11.5. The van der Waals surface area contributed by atoms with E-state index in [1.54, 1.807) is 0 Å². The number of carbonyl (C=O) groups is 2. The zero-order valence-corrected chi connectivity index (χ0v) is 39.4. The largest absolute Gasteiger partial charge is 0.472 e. The van der Waals surface area contributed by atoms with E-state index >= 15 is 0 Å². The van der Waals surface area contributed by atoms with Gasteiger partial charge in [-0.3, -0.25) is 38.9 Å². The molecule has 16 heteroatoms. The second-order valence-corrected chi connectivity index (χ2v) is 17.7. The molecular weight excluding hydrogens is 830 g/mol. The lowest BCUT2D eigenvalue weighted by Gasteiger charge is -2.20. The molecular formula is C47H80N3O12P. The summed E-state index contributed by atoms with van der Waals surface area (Å²) in [6.07, 6.45) is 37.6. The smallest absolute Gasteiger partial charge is 0.462 e. The molecule has 0 bridgehead atoms. The van der Waals surface area contributed by atoms with Gasteiger partial charge in [0.1, 0.15) is 12.3 Å². The molecule has 1 rings (SSSR count). The van der Waals surface area contributed by atoms with E-state index in [1.165, 1.54) is 77.0 Å². The number of hydrogen-bond acceptors (Lipinski definition) is 12. The topological polar surface area (TPSA) is 207 Å². The molecule has 0 aliphatic rings. The van der Waals surface area contributed by atoms with E-state index in [0.717, 1.165) is 95.2 Å². The van der Waals surface area contributed by atoms with Crippen molar-refractivity contribution in [3.05, 3.63) is 62.7 Å². The van der Waals surface area contributed by atoms with Gasteiger partial charge in [-0.2, -0.15) is 0 Å². The first-order valence-corrected chi connectivity index (χ1v) is 25.4. The molecule has 0 spiro atoms. The Balaban J connectivity index is 2.50. The average molecular weight is 910 g/mol. The summed E-state index contributed by atoms with van der Waals surface area (Å²) in [6, 6.07) is 3.04. The second kappa shape index (κ2) is 38.8. The number of esters is 2. The van der Waals surface area contributed by atoms with Crippen LogP contribution in [0.25, 0.3) is 0 Å². The number of non-ortho nitro benzene ring substituents is 1. The van der Waals surface area contributed by atoms with Crippen LogP contribution in [0.3, 0.4) is 0 Å². The number of benzene rings is 1. The number of hydrogen-bond donors (Lipinski definition) is 2. The zero-order valence-electron chi connectivity index (χ0n) is 38.5. The number of nitrogens with one attached hydrogen (secondary N) is 1. The molecule has 2 N–H and O–H groups in total. The van der Waals surface area contributed by atoms with E-state index in [1.807, 2.05) is 0 Å². The molecule has 2 atom stereocenters. The molecule has 1 aromatic carbocycles. The van der Waals surface area contributed by atoms with E-state index in [4.69, 9.17) is 18.5 Å². The van der Waals surface area contributed by atoms with Crippen LogP contribution in [0.4, 0.5) is 17.1 Å². The molecule has 0 aromatic heterocycles. The number of nitro groups is 2. The van der Waals surface area contributed by atoms with Gasteiger partial charge in [-0.15, -0.1) is 0 Å². The molecule has 63 heavy (non-hydrogen) atoms. The molecule has 0 radical (unpaired) electrons. The van der Waals surface area contributed by atoms with Gasteiger partial charge in [-0.1, -0.05) is 141 Å². The predicted octanol–water partition coefficient (Wildman–Crippen LogP) is 13.6. The summed E-state index contributed by atoms with van der Waals surface area (Å²) in [5.74, 6) is -1.02. The van der Waals surface area contributed by atoms with Gasteiger partial charge in [-0.05, 0) is 70.3 Å². The van der Waals surface area contributed by atoms with E-state index in [2.05, 4.69) is 43.5 Å². The summed E-state index contributed by atoms with van der Waals surface area (Å²) in [4.78, 5) is 56.5. The second-order valence-electron chi connectivity index (χ2n) is 16.2. The first-order chi connectivity index (χ1) is 30.5. The summed E-state index contributed by atoms with van der Waals surface area (Å²) in [5.41, 5.74) is -1.07. The Labute approximate surface area is 377 Å². The highest BCUT2D eigenvalue weighted by molar-refractivity contribution is 7.47. The fourth-order valence-corrected chi connectivity index (χ4v) is 7.55. The lowest BCUT2D eigenvalue weighted by atomic mass is 10.1. The molecule has 360 valence electrons. The van der Waals surface area contributed by atoms with Crippen LogP contribution in [0.2, 0.25) is 0 Å². The summed E-state index contributed by atoms with van der Waals surface area (Å²) >= 11 is 0. The summed E-state index contributed by atoms with van der Waals surface area (Å²) < 4.78 is 33.7. The Hall–Kier alpha value is -3.65. The fourth-order valence-electron chi connectivity index (χ4n) is 6.79. The van der Waals surface area contributed by atoms with E-state index in [0.29, 0.717) is 12.8 Å². The van der Waals surface area contributed by atoms with Crippen LogP contribution < -0.4 is 5.32 Å². The van der Waals surface area contributed by atoms with Gasteiger partial charge in [0.05, 0.1) is 29.1 Å². The van der Waals surface area contributed by atoms with Crippen molar-refractivity contribution in [2.75, 3.05) is 31.7 Å². The van der Waals surface area contributed by atoms with Crippen LogP contribution in [0.5, 0.6) is 0 Å². The molecule has 0 aliphatic carbocycles. The molecule has 0 saturated heterocycles. The molecule has 15 nitrogen and oxygen atoms in total. The number of phosphoric ester groups is 1. The lowest BCUT2D eigenvalue weighted by molar-refractivity contribution is -0.393. The third kappa shape index (κ3) is 33.5. The highest BCUT2D eigenvalue weighted by Gasteiger charge is 2.26. The summed E-state index contributed by atoms with van der Waals surface area (Å²) in [7, 11) is -4.71. The highest BCUT2D eigenvalue weighted by atomic mass is 31.2. The predicted molar refractivity (Wildman–Crippen MR) is 250 cm³/mol. The third-order valence-electron chi connectivity index (χ3n) is 10.5. The maximum atomic E-state index is 12.8. The Morgan fingerprint density at radius 2 is 1.11 bits per heavy atom. The van der Waals surface area contributed by atoms with Crippen molar-refractivity contribution in [1.29, 1.82) is 0 Å². The van der Waals surface area contributed by atoms with E-state index in [9.17, 15) is 39.3 Å². The van der Waals surface area contributed by atoms with Gasteiger partial charge in [-0.25, -0.2) is 4.57 Å². The van der Waals surface area contributed by atoms with Crippen molar-refractivity contribution >= 4 is 36.8 Å². The molecule has 0 fully saturated rings. The number of carbonyl (C=O) groups excluding carboxylic acids is 2. The quantitative estimate of drug-likeness (QED) is 0.0156. The molecule has 1 aromatic rings. The van der Waals surface area contributed by atoms with Gasteiger partial charge >= 0.3 is 19.8 Å². The Kier molecular flexibility index (Phi) is 35.3. The minimum absolute atomic E-state index is 0.0512. The van der Waals surface area contributed by atoms with Crippen molar-refractivity contribution in [2.24, 2.45) is 0 Å². The number of rotatable bonds is 43. The standard InChI is InChI=1S/C47H80N3O12P/c1-3-5-7-9-11-13-15-17-19-21-23-25-27-29-31-33-46(51)59-40-43(62-47(52)34-32-30-28-26-24-22-20-18-16-14-12-10-8-6-4-2)41-61-63(57,58)60-38-37-48-44-36-35-42(49(53)54)39-45(44)50(55)56/h17-20,35-36,39,43,48H,3-16,21-34,37-38,40-41H2,1-2H3,(H,57,58)/b19-17+,20-18-. The number of allylic oxidation sites excluding steroid dienone is 4. The zero-order chi connectivity index (χ0) is 46.2. The fraction of sp³-hybridized carbons (Fsp3) is 0.745. The number of nitro benzene ring substituents is 2. The highest BCUT2D eigenvalue weighted by Crippen LogP contribution is 2.43. The van der Waals surface area contributed by atoms with Crippen LogP contribution in [0.1, 0.15) is 194 Å². The van der Waals surface area contributed by atoms with Gasteiger partial charge in [0.2, 0.25) is 0 Å². The molecule has 0 aliphatic heterocycles. The average Bonchev–Trinajstić information content (AvgIpc) is 3.26. The Bertz CT molecular complexity index is 1490. The SMILES string of the molecule is CCCCCCCC/C=C\CCCCCCCC(=O)OC(COC(=O)CCCCCCC/C=C/CCCCCCCC)COP(=O)(O)OCCNc1ccc([N+](=O)[O-])cc1[N+](=O)[O-]. The van der Waals surface area contributed by atoms with Crippen molar-refractivity contribution < 1.29 is 47.4 Å². The number of ether oxygens (including phenoxy) is 2. The number of unbranched alkanes of at least 4 members (excludes halogenated alkanes) is 22. The molecule has 0 heterocycles. The van der Waals surface area contributed by atoms with Crippen molar-refractivity contribution in [3.63, 3.8) is 0 Å². The van der Waals surface area contributed by atoms with Crippen molar-refractivity contribution in [3.8, 4) is 0 Å². The summed E-state index contributed by atoms with van der Waals surface area (Å²) in [6.45, 7) is 2.88. The van der Waals surface area contributed by atoms with Crippen LogP contribution in [-0.2, 0) is 32.7 Å². The van der Waals surface area contributed by atoms with Crippen LogP contribution in [0.15, 0.2) is 42.5 Å². The van der Waals surface area contributed by atoms with Gasteiger partial charge in [0, 0.05) is 25.5 Å². The Morgan fingerprint density at radius 3 is 1.59 bits per heavy atom. The minimum Gasteiger partial charge on any atom is -0.462 e. The number of anilines is 1. The van der Waals surface area contributed by atoms with Gasteiger partial charge < -0.3 is 19.7 Å². The minimum atomic E-state index is -4.71. The monoisotopic (exact) mass is 910 g/mol. The van der Waals surface area contributed by atoms with E-state index in [-0.39, 0.29) is 31.7 Å². The van der Waals surface area contributed by atoms with Crippen molar-refractivity contribution in [2.45, 2.75) is 200 Å². The maximum absolute atomic E-state index is 12.8. The summed E-state index contributed by atoms with van der Waals surface area (Å²) in [5, 5.41) is 25.0. The molecule has 2 unspecified atom stereocenters. The van der Waals surface area contributed by atoms with Gasteiger partial charge in [0.15, 0.2) is 6.10 Å². The first-order valence-electron chi connectivity index (χ1n) is 23.9. The first kappa shape index (κ1) is 57.4. The van der Waals surface area contributed by atoms with Crippen LogP contribution in [0, 0.1) is 20.2 Å². The van der Waals surface area contributed by atoms with Crippen LogP contribution >= 0.6 is 7.82 Å². The number of phosphoric acid groups is 1. The van der Waals surface area contributed by atoms with E-state index < -0.39 is 60.3 Å². The molecule has 0 amide bonds. The normalized spacial score (nSPS) is 13.0. The van der Waals surface area contributed by atoms with Gasteiger partial charge in [0.25, 0.3) is 11.4 Å². The van der Waals surface area contributed by atoms with Crippen molar-refractivity contribution in [1.82, 2.24) is 0 Å². The van der Waals surface area contributed by atoms with Crippen LogP contribution in [-0.4, -0.2) is 59.1 Å². The maximum Gasteiger partial charge on any atom is 0.472 e. The molecule has 0 saturated carbocycles. The number of nitrogens with zero attached hydrogens (tertiary/aromatic N) is 2.